The summed E-state index contributed by atoms with van der Waals surface area (Å²) in [4.78, 5) is 17.0. The predicted octanol–water partition coefficient (Wildman–Crippen LogP) is 4.01. The van der Waals surface area contributed by atoms with Gasteiger partial charge in [0.05, 0.1) is 23.1 Å². The van der Waals surface area contributed by atoms with Crippen molar-refractivity contribution in [2.24, 2.45) is 0 Å². The second-order valence-electron chi connectivity index (χ2n) is 6.59. The lowest BCUT2D eigenvalue weighted by Crippen LogP contribution is -2.15. The fraction of sp³-hybridized carbons (Fsp3) is 0.250. The normalized spacial score (nSPS) is 13.7. The van der Waals surface area contributed by atoms with Crippen molar-refractivity contribution in [1.82, 2.24) is 14.8 Å². The molecule has 2 aromatic heterocycles. The first-order valence-corrected chi connectivity index (χ1v) is 8.51. The van der Waals surface area contributed by atoms with Crippen molar-refractivity contribution in [3.05, 3.63) is 71.2 Å². The topological polar surface area (TPSA) is 59.8 Å². The highest BCUT2D eigenvalue weighted by molar-refractivity contribution is 6.04. The molecular weight excluding hydrogens is 312 g/mol. The van der Waals surface area contributed by atoms with E-state index in [1.165, 1.54) is 0 Å². The average molecular weight is 332 g/mol. The number of hydrogen-bond donors (Lipinski definition) is 1. The molecule has 0 saturated heterocycles. The number of amides is 1. The third kappa shape index (κ3) is 3.05. The highest BCUT2D eigenvalue weighted by atomic mass is 16.1. The second kappa shape index (κ2) is 6.16. The molecule has 1 aromatic carbocycles. The molecule has 0 spiro atoms. The molecule has 126 valence electrons. The number of rotatable bonds is 4. The summed E-state index contributed by atoms with van der Waals surface area (Å²) in [6.07, 6.45) is 5.57. The van der Waals surface area contributed by atoms with E-state index < -0.39 is 0 Å². The van der Waals surface area contributed by atoms with Crippen LogP contribution < -0.4 is 5.32 Å². The molecule has 0 aliphatic heterocycles. The van der Waals surface area contributed by atoms with Gasteiger partial charge in [-0.2, -0.15) is 5.10 Å². The first-order chi connectivity index (χ1) is 12.1. The van der Waals surface area contributed by atoms with Crippen molar-refractivity contribution in [3.63, 3.8) is 0 Å². The van der Waals surface area contributed by atoms with Gasteiger partial charge >= 0.3 is 0 Å². The van der Waals surface area contributed by atoms with Crippen LogP contribution >= 0.6 is 0 Å². The van der Waals surface area contributed by atoms with Crippen LogP contribution in [0.3, 0.4) is 0 Å². The van der Waals surface area contributed by atoms with Crippen LogP contribution in [-0.4, -0.2) is 20.7 Å². The van der Waals surface area contributed by atoms with E-state index in [4.69, 9.17) is 0 Å². The minimum Gasteiger partial charge on any atom is -0.306 e. The van der Waals surface area contributed by atoms with Gasteiger partial charge in [0.1, 0.15) is 5.82 Å². The van der Waals surface area contributed by atoms with E-state index in [1.54, 1.807) is 12.4 Å². The summed E-state index contributed by atoms with van der Waals surface area (Å²) in [5.41, 5.74) is 4.86. The Kier molecular flexibility index (Phi) is 3.84. The molecule has 0 bridgehead atoms. The molecule has 4 rings (SSSR count). The van der Waals surface area contributed by atoms with E-state index in [1.807, 2.05) is 41.9 Å². The quantitative estimate of drug-likeness (QED) is 0.785. The van der Waals surface area contributed by atoms with Crippen molar-refractivity contribution in [3.8, 4) is 5.69 Å². The van der Waals surface area contributed by atoms with Crippen molar-refractivity contribution in [1.29, 1.82) is 0 Å². The zero-order chi connectivity index (χ0) is 17.4. The molecule has 1 fully saturated rings. The Morgan fingerprint density at radius 1 is 1.20 bits per heavy atom. The molecule has 5 nitrogen and oxygen atoms in total. The van der Waals surface area contributed by atoms with Crippen molar-refractivity contribution in [2.75, 3.05) is 5.32 Å². The fourth-order valence-electron chi connectivity index (χ4n) is 3.06. The van der Waals surface area contributed by atoms with Crippen LogP contribution in [0.2, 0.25) is 0 Å². The second-order valence-corrected chi connectivity index (χ2v) is 6.59. The lowest BCUT2D eigenvalue weighted by atomic mass is 10.1. The number of benzene rings is 1. The maximum Gasteiger partial charge on any atom is 0.260 e. The summed E-state index contributed by atoms with van der Waals surface area (Å²) in [6.45, 7) is 4.03. The number of carbonyl (C=O) groups excluding carboxylic acids is 1. The number of anilines is 1. The smallest absolute Gasteiger partial charge is 0.260 e. The number of pyridine rings is 1. The predicted molar refractivity (Wildman–Crippen MR) is 97.2 cm³/mol. The van der Waals surface area contributed by atoms with Gasteiger partial charge < -0.3 is 5.32 Å². The van der Waals surface area contributed by atoms with Crippen LogP contribution in [0.1, 0.15) is 45.9 Å². The first-order valence-electron chi connectivity index (χ1n) is 8.51. The zero-order valence-corrected chi connectivity index (χ0v) is 14.4. The van der Waals surface area contributed by atoms with E-state index in [9.17, 15) is 4.79 Å². The summed E-state index contributed by atoms with van der Waals surface area (Å²) >= 11 is 0. The molecule has 1 amide bonds. The Bertz CT molecular complexity index is 940. The van der Waals surface area contributed by atoms with E-state index >= 15 is 0 Å². The van der Waals surface area contributed by atoms with Gasteiger partial charge in [-0.1, -0.05) is 18.2 Å². The molecule has 5 heteroatoms. The summed E-state index contributed by atoms with van der Waals surface area (Å²) in [6, 6.07) is 11.9. The summed E-state index contributed by atoms with van der Waals surface area (Å²) in [5, 5.41) is 7.42. The highest BCUT2D eigenvalue weighted by Gasteiger charge is 2.33. The van der Waals surface area contributed by atoms with E-state index in [-0.39, 0.29) is 5.91 Å². The third-order valence-corrected chi connectivity index (χ3v) is 4.52. The Morgan fingerprint density at radius 2 is 2.00 bits per heavy atom. The Morgan fingerprint density at radius 3 is 2.72 bits per heavy atom. The monoisotopic (exact) mass is 332 g/mol. The Balaban J connectivity index is 1.71. The maximum atomic E-state index is 12.8. The number of para-hydroxylation sites is 1. The molecule has 1 aliphatic carbocycles. The van der Waals surface area contributed by atoms with Gasteiger partial charge in [-0.25, -0.2) is 9.67 Å². The van der Waals surface area contributed by atoms with Gasteiger partial charge in [-0.05, 0) is 56.0 Å². The van der Waals surface area contributed by atoms with Gasteiger partial charge in [-0.3, -0.25) is 4.79 Å². The van der Waals surface area contributed by atoms with Crippen LogP contribution in [0.25, 0.3) is 5.69 Å². The van der Waals surface area contributed by atoms with Gasteiger partial charge in [0.15, 0.2) is 0 Å². The summed E-state index contributed by atoms with van der Waals surface area (Å²) in [5.74, 6) is 0.809. The van der Waals surface area contributed by atoms with Crippen LogP contribution in [-0.2, 0) is 0 Å². The average Bonchev–Trinajstić information content (AvgIpc) is 3.34. The molecular formula is C20H20N4O. The standard InChI is InChI=1S/C20H20N4O/c1-13-9-10-21-18(11-13)23-20(25)16-12-22-24(19(16)15-7-8-15)17-6-4-3-5-14(17)2/h3-6,9-12,15H,7-8H2,1-2H3,(H,21,23,25). The van der Waals surface area contributed by atoms with Crippen molar-refractivity contribution < 1.29 is 4.79 Å². The van der Waals surface area contributed by atoms with Crippen LogP contribution in [0.4, 0.5) is 5.82 Å². The minimum absolute atomic E-state index is 0.153. The molecule has 25 heavy (non-hydrogen) atoms. The summed E-state index contributed by atoms with van der Waals surface area (Å²) in [7, 11) is 0. The van der Waals surface area contributed by atoms with E-state index in [0.29, 0.717) is 17.3 Å². The minimum atomic E-state index is -0.153. The Labute approximate surface area is 146 Å². The fourth-order valence-corrected chi connectivity index (χ4v) is 3.06. The van der Waals surface area contributed by atoms with Crippen molar-refractivity contribution in [2.45, 2.75) is 32.6 Å². The number of hydrogen-bond acceptors (Lipinski definition) is 3. The zero-order valence-electron chi connectivity index (χ0n) is 14.4. The molecule has 1 saturated carbocycles. The number of nitrogens with one attached hydrogen (secondary N) is 1. The molecule has 1 N–H and O–H groups in total. The molecule has 1 aliphatic rings. The van der Waals surface area contributed by atoms with Crippen LogP contribution in [0, 0.1) is 13.8 Å². The number of carbonyl (C=O) groups is 1. The molecule has 3 aromatic rings. The molecule has 0 radical (unpaired) electrons. The van der Waals surface area contributed by atoms with Gasteiger partial charge in [0.25, 0.3) is 5.91 Å². The number of aryl methyl sites for hydroxylation is 2. The molecule has 2 heterocycles. The highest BCUT2D eigenvalue weighted by Crippen LogP contribution is 2.42. The molecule has 0 atom stereocenters. The van der Waals surface area contributed by atoms with Gasteiger partial charge in [0.2, 0.25) is 0 Å². The lowest BCUT2D eigenvalue weighted by Gasteiger charge is -2.11. The Hall–Kier alpha value is -2.95. The maximum absolute atomic E-state index is 12.8. The van der Waals surface area contributed by atoms with E-state index in [2.05, 4.69) is 28.4 Å². The van der Waals surface area contributed by atoms with E-state index in [0.717, 1.165) is 35.3 Å². The van der Waals surface area contributed by atoms with Gasteiger partial charge in [-0.15, -0.1) is 0 Å². The molecule has 0 unspecified atom stereocenters. The first kappa shape index (κ1) is 15.6. The lowest BCUT2D eigenvalue weighted by molar-refractivity contribution is 0.102. The van der Waals surface area contributed by atoms with Crippen molar-refractivity contribution >= 4 is 11.7 Å². The van der Waals surface area contributed by atoms with Gasteiger partial charge in [0, 0.05) is 12.1 Å². The SMILES string of the molecule is Cc1ccnc(NC(=O)c2cnn(-c3ccccc3C)c2C2CC2)c1. The largest absolute Gasteiger partial charge is 0.306 e. The third-order valence-electron chi connectivity index (χ3n) is 4.52. The van der Waals surface area contributed by atoms with Crippen LogP contribution in [0.5, 0.6) is 0 Å². The number of aromatic nitrogens is 3. The van der Waals surface area contributed by atoms with Crippen LogP contribution in [0.15, 0.2) is 48.8 Å². The summed E-state index contributed by atoms with van der Waals surface area (Å²) < 4.78 is 1.92. The number of nitrogens with zero attached hydrogens (tertiary/aromatic N) is 3.